The summed E-state index contributed by atoms with van der Waals surface area (Å²) in [6.45, 7) is 0. The van der Waals surface area contributed by atoms with Crippen LogP contribution in [0, 0.1) is 0 Å². The topological polar surface area (TPSA) is 35.0 Å². The molecule has 0 heterocycles. The van der Waals surface area contributed by atoms with Crippen LogP contribution in [0.1, 0.15) is 25.7 Å². The quantitative estimate of drug-likeness (QED) is 0.464. The van der Waals surface area contributed by atoms with Gasteiger partial charge in [-0.25, -0.2) is 0 Å². The van der Waals surface area contributed by atoms with E-state index < -0.39 is 0 Å². The monoisotopic (exact) mass is 99.1 g/mol. The molecule has 42 valence electrons. The highest BCUT2D eigenvalue weighted by atomic mass is 14.0. The van der Waals surface area contributed by atoms with Crippen molar-refractivity contribution in [3.05, 3.63) is 12.2 Å². The van der Waals surface area contributed by atoms with Crippen molar-refractivity contribution < 1.29 is 0 Å². The molecular weight excluding hydrogens is 86.1 g/mol. The first-order chi connectivity index (χ1) is 3.00. The Hall–Kier alpha value is -0.300. The van der Waals surface area contributed by atoms with Crippen molar-refractivity contribution in [1.29, 1.82) is 0 Å². The molecule has 0 aromatic carbocycles. The first-order valence-corrected chi connectivity index (χ1v) is 2.65. The molecule has 1 aliphatic rings. The second kappa shape index (κ2) is 3.88. The van der Waals surface area contributed by atoms with Crippen molar-refractivity contribution >= 4 is 0 Å². The molecule has 0 unspecified atom stereocenters. The number of allylic oxidation sites excluding steroid dienone is 2. The van der Waals surface area contributed by atoms with Crippen LogP contribution in [0.4, 0.5) is 0 Å². The maximum absolute atomic E-state index is 2.27. The predicted molar refractivity (Wildman–Crippen MR) is 32.6 cm³/mol. The summed E-state index contributed by atoms with van der Waals surface area (Å²) in [4.78, 5) is 0. The lowest BCUT2D eigenvalue weighted by Gasteiger charge is -1.97. The lowest BCUT2D eigenvalue weighted by atomic mass is 10.1. The second-order valence-electron chi connectivity index (χ2n) is 1.76. The molecule has 0 radical (unpaired) electrons. The minimum atomic E-state index is 0. The van der Waals surface area contributed by atoms with Crippen molar-refractivity contribution in [2.24, 2.45) is 0 Å². The van der Waals surface area contributed by atoms with Gasteiger partial charge in [0.2, 0.25) is 0 Å². The normalized spacial score (nSPS) is 18.3. The SMILES string of the molecule is C1=CCCCC1.N. The number of hydrogen-bond acceptors (Lipinski definition) is 1. The molecule has 0 amide bonds. The average Bonchev–Trinajstić information content (AvgIpc) is 1.72. The fraction of sp³-hybridized carbons (Fsp3) is 0.667. The maximum Gasteiger partial charge on any atom is -0.0351 e. The van der Waals surface area contributed by atoms with Gasteiger partial charge in [0.25, 0.3) is 0 Å². The van der Waals surface area contributed by atoms with Crippen molar-refractivity contribution in [3.63, 3.8) is 0 Å². The summed E-state index contributed by atoms with van der Waals surface area (Å²) in [6, 6.07) is 0. The average molecular weight is 99.2 g/mol. The molecular formula is C6H13N. The van der Waals surface area contributed by atoms with Crippen molar-refractivity contribution in [1.82, 2.24) is 6.15 Å². The van der Waals surface area contributed by atoms with E-state index in [9.17, 15) is 0 Å². The lowest BCUT2D eigenvalue weighted by molar-refractivity contribution is 0.730. The molecule has 1 nitrogen and oxygen atoms in total. The third kappa shape index (κ3) is 2.40. The number of rotatable bonds is 0. The highest BCUT2D eigenvalue weighted by Gasteiger charge is 1.87. The smallest absolute Gasteiger partial charge is 0.0351 e. The first-order valence-electron chi connectivity index (χ1n) is 2.65. The second-order valence-corrected chi connectivity index (χ2v) is 1.76. The minimum absolute atomic E-state index is 0. The van der Waals surface area contributed by atoms with Gasteiger partial charge in [-0.1, -0.05) is 12.2 Å². The molecule has 0 spiro atoms. The number of hydrogen-bond donors (Lipinski definition) is 1. The van der Waals surface area contributed by atoms with Crippen LogP contribution in [0.15, 0.2) is 12.2 Å². The van der Waals surface area contributed by atoms with E-state index in [-0.39, 0.29) is 6.15 Å². The molecule has 1 heteroatoms. The van der Waals surface area contributed by atoms with Gasteiger partial charge in [0.15, 0.2) is 0 Å². The fourth-order valence-corrected chi connectivity index (χ4v) is 0.760. The van der Waals surface area contributed by atoms with Gasteiger partial charge in [0.05, 0.1) is 0 Å². The van der Waals surface area contributed by atoms with Gasteiger partial charge >= 0.3 is 0 Å². The van der Waals surface area contributed by atoms with Crippen LogP contribution in [0.2, 0.25) is 0 Å². The Morgan fingerprint density at radius 2 is 1.29 bits per heavy atom. The van der Waals surface area contributed by atoms with Crippen LogP contribution in [0.5, 0.6) is 0 Å². The van der Waals surface area contributed by atoms with E-state index in [2.05, 4.69) is 12.2 Å². The highest BCUT2D eigenvalue weighted by molar-refractivity contribution is 4.85. The lowest BCUT2D eigenvalue weighted by Crippen LogP contribution is -1.77. The zero-order valence-corrected chi connectivity index (χ0v) is 4.69. The van der Waals surface area contributed by atoms with E-state index in [0.29, 0.717) is 0 Å². The molecule has 7 heavy (non-hydrogen) atoms. The summed E-state index contributed by atoms with van der Waals surface area (Å²) in [6.07, 6.45) is 10.0. The predicted octanol–water partition coefficient (Wildman–Crippen LogP) is 2.28. The van der Waals surface area contributed by atoms with Crippen LogP contribution in [-0.4, -0.2) is 0 Å². The third-order valence-electron chi connectivity index (χ3n) is 1.16. The first kappa shape index (κ1) is 6.70. The van der Waals surface area contributed by atoms with E-state index >= 15 is 0 Å². The molecule has 1 aliphatic carbocycles. The molecule has 0 saturated carbocycles. The Morgan fingerprint density at radius 1 is 0.857 bits per heavy atom. The highest BCUT2D eigenvalue weighted by Crippen LogP contribution is 2.07. The summed E-state index contributed by atoms with van der Waals surface area (Å²) in [5, 5.41) is 0. The Kier molecular flexibility index (Phi) is 3.71. The van der Waals surface area contributed by atoms with Crippen LogP contribution < -0.4 is 6.15 Å². The summed E-state index contributed by atoms with van der Waals surface area (Å²) >= 11 is 0. The summed E-state index contributed by atoms with van der Waals surface area (Å²) in [7, 11) is 0. The van der Waals surface area contributed by atoms with Gasteiger partial charge in [0, 0.05) is 0 Å². The molecule has 1 rings (SSSR count). The van der Waals surface area contributed by atoms with E-state index in [1.165, 1.54) is 25.7 Å². The van der Waals surface area contributed by atoms with Crippen molar-refractivity contribution in [3.8, 4) is 0 Å². The fourth-order valence-electron chi connectivity index (χ4n) is 0.760. The largest absolute Gasteiger partial charge is 0.344 e. The van der Waals surface area contributed by atoms with Gasteiger partial charge in [-0.05, 0) is 25.7 Å². The standard InChI is InChI=1S/C6H10.H3N/c1-2-4-6-5-3-1;/h1-2H,3-6H2;1H3. The van der Waals surface area contributed by atoms with Gasteiger partial charge in [-0.3, -0.25) is 0 Å². The Labute approximate surface area is 45.0 Å². The van der Waals surface area contributed by atoms with Crippen molar-refractivity contribution in [2.75, 3.05) is 0 Å². The third-order valence-corrected chi connectivity index (χ3v) is 1.16. The molecule has 0 saturated heterocycles. The van der Waals surface area contributed by atoms with E-state index in [1.807, 2.05) is 0 Å². The maximum atomic E-state index is 2.27. The van der Waals surface area contributed by atoms with Crippen LogP contribution in [0.25, 0.3) is 0 Å². The van der Waals surface area contributed by atoms with Gasteiger partial charge in [0.1, 0.15) is 0 Å². The van der Waals surface area contributed by atoms with E-state index in [1.54, 1.807) is 0 Å². The minimum Gasteiger partial charge on any atom is -0.344 e. The molecule has 0 atom stereocenters. The van der Waals surface area contributed by atoms with Crippen LogP contribution >= 0.6 is 0 Å². The molecule has 0 fully saturated rings. The zero-order valence-electron chi connectivity index (χ0n) is 4.69. The summed E-state index contributed by atoms with van der Waals surface area (Å²) in [5.41, 5.74) is 0. The van der Waals surface area contributed by atoms with E-state index in [0.717, 1.165) is 0 Å². The Bertz CT molecular complexity index is 49.2. The molecule has 0 aliphatic heterocycles. The molecule has 0 aromatic rings. The molecule has 0 bridgehead atoms. The van der Waals surface area contributed by atoms with Crippen LogP contribution in [0.3, 0.4) is 0 Å². The van der Waals surface area contributed by atoms with Crippen LogP contribution in [-0.2, 0) is 0 Å². The van der Waals surface area contributed by atoms with Crippen molar-refractivity contribution in [2.45, 2.75) is 25.7 Å². The zero-order chi connectivity index (χ0) is 4.24. The Balaban J connectivity index is 0.000000360. The molecule has 0 aromatic heterocycles. The Morgan fingerprint density at radius 3 is 1.43 bits per heavy atom. The summed E-state index contributed by atoms with van der Waals surface area (Å²) < 4.78 is 0. The van der Waals surface area contributed by atoms with E-state index in [4.69, 9.17) is 0 Å². The van der Waals surface area contributed by atoms with Gasteiger partial charge < -0.3 is 6.15 Å². The summed E-state index contributed by atoms with van der Waals surface area (Å²) in [5.74, 6) is 0. The van der Waals surface area contributed by atoms with Gasteiger partial charge in [-0.2, -0.15) is 0 Å². The van der Waals surface area contributed by atoms with Gasteiger partial charge in [-0.15, -0.1) is 0 Å². The molecule has 3 N–H and O–H groups in total.